The summed E-state index contributed by atoms with van der Waals surface area (Å²) in [5.41, 5.74) is 0. The summed E-state index contributed by atoms with van der Waals surface area (Å²) in [7, 11) is 0. The van der Waals surface area contributed by atoms with Crippen molar-refractivity contribution < 1.29 is 9.28 Å². The molecule has 2 heterocycles. The van der Waals surface area contributed by atoms with Crippen LogP contribution in [-0.4, -0.2) is 66.1 Å². The molecule has 0 spiro atoms. The van der Waals surface area contributed by atoms with Crippen molar-refractivity contribution in [3.05, 3.63) is 0 Å². The number of carbonyl (C=O) groups excluding carboxylic acids is 1. The third-order valence-electron chi connectivity index (χ3n) is 3.62. The lowest BCUT2D eigenvalue weighted by Gasteiger charge is -2.41. The molecule has 16 heavy (non-hydrogen) atoms. The van der Waals surface area contributed by atoms with Crippen molar-refractivity contribution in [3.63, 3.8) is 0 Å². The van der Waals surface area contributed by atoms with E-state index in [-0.39, 0.29) is 5.91 Å². The summed E-state index contributed by atoms with van der Waals surface area (Å²) < 4.78 is 13.1. The first-order chi connectivity index (χ1) is 7.66. The van der Waals surface area contributed by atoms with Gasteiger partial charge in [-0.2, -0.15) is 0 Å². The van der Waals surface area contributed by atoms with Crippen LogP contribution in [0.1, 0.15) is 19.8 Å². The van der Waals surface area contributed by atoms with E-state index in [1.54, 1.807) is 6.92 Å². The zero-order valence-electron chi connectivity index (χ0n) is 9.86. The Labute approximate surface area is 95.9 Å². The molecule has 0 aromatic carbocycles. The summed E-state index contributed by atoms with van der Waals surface area (Å²) in [5.74, 6) is 0.149. The summed E-state index contributed by atoms with van der Waals surface area (Å²) in [6.07, 6.45) is 2.02. The molecule has 0 radical (unpaired) electrons. The van der Waals surface area contributed by atoms with Crippen molar-refractivity contribution in [3.8, 4) is 0 Å². The highest BCUT2D eigenvalue weighted by molar-refractivity contribution is 5.73. The topological polar surface area (TPSA) is 26.8 Å². The van der Waals surface area contributed by atoms with E-state index in [1.165, 1.54) is 0 Å². The molecule has 0 aromatic heterocycles. The molecule has 0 aromatic rings. The van der Waals surface area contributed by atoms with Crippen molar-refractivity contribution in [1.82, 2.24) is 14.9 Å². The molecule has 4 nitrogen and oxygen atoms in total. The van der Waals surface area contributed by atoms with Crippen LogP contribution in [0.5, 0.6) is 0 Å². The molecule has 1 atom stereocenters. The molecule has 2 saturated heterocycles. The molecule has 1 amide bonds. The Morgan fingerprint density at radius 1 is 1.19 bits per heavy atom. The number of nitrogens with zero attached hydrogens (tertiary/aromatic N) is 3. The first-order valence-electron chi connectivity index (χ1n) is 6.07. The molecule has 2 aliphatic heterocycles. The Balaban J connectivity index is 1.81. The van der Waals surface area contributed by atoms with Crippen LogP contribution in [0.3, 0.4) is 0 Å². The van der Waals surface area contributed by atoms with E-state index in [1.807, 2.05) is 4.90 Å². The van der Waals surface area contributed by atoms with Gasteiger partial charge >= 0.3 is 0 Å². The fourth-order valence-corrected chi connectivity index (χ4v) is 2.61. The predicted octanol–water partition coefficient (Wildman–Crippen LogP) is 0.499. The van der Waals surface area contributed by atoms with Crippen LogP contribution in [0, 0.1) is 0 Å². The standard InChI is InChI=1S/C11H20FN3O/c1-10(16)13-5-7-14(8-6-13)11-3-2-4-15(12)9-11/h11H,2-9H2,1H3. The smallest absolute Gasteiger partial charge is 0.219 e. The Kier molecular flexibility index (Phi) is 3.76. The number of rotatable bonds is 1. The highest BCUT2D eigenvalue weighted by atomic mass is 19.2. The van der Waals surface area contributed by atoms with Crippen molar-refractivity contribution in [2.45, 2.75) is 25.8 Å². The molecule has 0 N–H and O–H groups in total. The molecule has 1 unspecified atom stereocenters. The second-order valence-electron chi connectivity index (χ2n) is 4.71. The van der Waals surface area contributed by atoms with Crippen LogP contribution in [0.2, 0.25) is 0 Å². The van der Waals surface area contributed by atoms with Crippen molar-refractivity contribution in [2.24, 2.45) is 0 Å². The lowest BCUT2D eigenvalue weighted by Crippen LogP contribution is -2.54. The largest absolute Gasteiger partial charge is 0.340 e. The Bertz CT molecular complexity index is 254. The van der Waals surface area contributed by atoms with E-state index in [0.717, 1.165) is 44.1 Å². The minimum absolute atomic E-state index is 0.149. The second-order valence-corrected chi connectivity index (χ2v) is 4.71. The van der Waals surface area contributed by atoms with Gasteiger partial charge in [-0.1, -0.05) is 0 Å². The third-order valence-corrected chi connectivity index (χ3v) is 3.62. The van der Waals surface area contributed by atoms with Crippen molar-refractivity contribution in [1.29, 1.82) is 0 Å². The molecule has 0 bridgehead atoms. The van der Waals surface area contributed by atoms with Gasteiger partial charge in [0.05, 0.1) is 0 Å². The van der Waals surface area contributed by atoms with Gasteiger partial charge in [0.25, 0.3) is 0 Å². The summed E-state index contributed by atoms with van der Waals surface area (Å²) in [5, 5.41) is 0.922. The third kappa shape index (κ3) is 2.71. The fourth-order valence-electron chi connectivity index (χ4n) is 2.61. The zero-order chi connectivity index (χ0) is 11.5. The van der Waals surface area contributed by atoms with Gasteiger partial charge in [0, 0.05) is 52.2 Å². The van der Waals surface area contributed by atoms with E-state index < -0.39 is 0 Å². The van der Waals surface area contributed by atoms with Crippen LogP contribution >= 0.6 is 0 Å². The summed E-state index contributed by atoms with van der Waals surface area (Å²) in [4.78, 5) is 15.4. The molecule has 0 aliphatic carbocycles. The van der Waals surface area contributed by atoms with Gasteiger partial charge in [-0.05, 0) is 12.8 Å². The molecule has 2 fully saturated rings. The minimum atomic E-state index is 0.149. The van der Waals surface area contributed by atoms with Gasteiger partial charge < -0.3 is 4.90 Å². The van der Waals surface area contributed by atoms with E-state index in [9.17, 15) is 9.28 Å². The van der Waals surface area contributed by atoms with Crippen LogP contribution in [0.4, 0.5) is 4.48 Å². The number of hydrogen-bond acceptors (Lipinski definition) is 3. The fraction of sp³-hybridized carbons (Fsp3) is 0.909. The lowest BCUT2D eigenvalue weighted by atomic mass is 10.0. The first kappa shape index (κ1) is 11.8. The van der Waals surface area contributed by atoms with Crippen molar-refractivity contribution >= 4 is 5.91 Å². The van der Waals surface area contributed by atoms with Crippen molar-refractivity contribution in [2.75, 3.05) is 39.3 Å². The van der Waals surface area contributed by atoms with Gasteiger partial charge in [-0.15, -0.1) is 9.60 Å². The van der Waals surface area contributed by atoms with Gasteiger partial charge in [0.2, 0.25) is 5.91 Å². The highest BCUT2D eigenvalue weighted by Gasteiger charge is 2.28. The predicted molar refractivity (Wildman–Crippen MR) is 59.5 cm³/mol. The maximum atomic E-state index is 13.1. The van der Waals surface area contributed by atoms with Crippen LogP contribution < -0.4 is 0 Å². The summed E-state index contributed by atoms with van der Waals surface area (Å²) >= 11 is 0. The lowest BCUT2D eigenvalue weighted by molar-refractivity contribution is -0.131. The number of hydrogen-bond donors (Lipinski definition) is 0. The maximum absolute atomic E-state index is 13.1. The second kappa shape index (κ2) is 5.10. The van der Waals surface area contributed by atoms with Gasteiger partial charge in [0.1, 0.15) is 0 Å². The molecule has 2 aliphatic rings. The number of piperidine rings is 1. The van der Waals surface area contributed by atoms with Crippen LogP contribution in [0.25, 0.3) is 0 Å². The number of carbonyl (C=O) groups is 1. The Morgan fingerprint density at radius 2 is 1.88 bits per heavy atom. The number of halogens is 1. The SMILES string of the molecule is CC(=O)N1CCN(C2CCCN(F)C2)CC1. The van der Waals surface area contributed by atoms with E-state index in [0.29, 0.717) is 19.1 Å². The monoisotopic (exact) mass is 229 g/mol. The molecular weight excluding hydrogens is 209 g/mol. The van der Waals surface area contributed by atoms with E-state index >= 15 is 0 Å². The van der Waals surface area contributed by atoms with E-state index in [4.69, 9.17) is 0 Å². The highest BCUT2D eigenvalue weighted by Crippen LogP contribution is 2.17. The van der Waals surface area contributed by atoms with Crippen LogP contribution in [-0.2, 0) is 4.79 Å². The quantitative estimate of drug-likeness (QED) is 0.613. The minimum Gasteiger partial charge on any atom is -0.340 e. The normalized spacial score (nSPS) is 29.4. The van der Waals surface area contributed by atoms with Gasteiger partial charge in [-0.25, -0.2) is 0 Å². The molecular formula is C11H20FN3O. The molecule has 92 valence electrons. The number of piperazine rings is 1. The van der Waals surface area contributed by atoms with Gasteiger partial charge in [-0.3, -0.25) is 9.69 Å². The average molecular weight is 229 g/mol. The Morgan fingerprint density at radius 3 is 2.44 bits per heavy atom. The summed E-state index contributed by atoms with van der Waals surface area (Å²) in [6.45, 7) is 6.07. The van der Waals surface area contributed by atoms with Gasteiger partial charge in [0.15, 0.2) is 0 Å². The molecule has 0 saturated carbocycles. The van der Waals surface area contributed by atoms with E-state index in [2.05, 4.69) is 4.90 Å². The maximum Gasteiger partial charge on any atom is 0.219 e. The number of amides is 1. The Hall–Kier alpha value is -0.680. The van der Waals surface area contributed by atoms with Crippen LogP contribution in [0.15, 0.2) is 0 Å². The summed E-state index contributed by atoms with van der Waals surface area (Å²) in [6, 6.07) is 0.341. The average Bonchev–Trinajstić information content (AvgIpc) is 2.29. The molecule has 2 rings (SSSR count). The zero-order valence-corrected chi connectivity index (χ0v) is 9.86. The first-order valence-corrected chi connectivity index (χ1v) is 6.07. The molecule has 5 heteroatoms.